The molecule has 0 bridgehead atoms. The van der Waals surface area contributed by atoms with Crippen molar-refractivity contribution < 1.29 is 9.47 Å². The van der Waals surface area contributed by atoms with Crippen molar-refractivity contribution in [3.05, 3.63) is 66.2 Å². The normalized spacial score (nSPS) is 16.8. The van der Waals surface area contributed by atoms with E-state index in [1.54, 1.807) is 7.11 Å². The first kappa shape index (κ1) is 23.7. The molecule has 3 rings (SSSR count). The highest BCUT2D eigenvalue weighted by molar-refractivity contribution is 7.99. The Balaban J connectivity index is 1.90. The SMILES string of the molecule is C=C(C)COCC(CN1c2ccccc2SCC1c1ccc(OC)cc1)N(CC)CC. The molecule has 4 nitrogen and oxygen atoms in total. The van der Waals surface area contributed by atoms with Gasteiger partial charge in [-0.25, -0.2) is 0 Å². The van der Waals surface area contributed by atoms with Gasteiger partial charge >= 0.3 is 0 Å². The van der Waals surface area contributed by atoms with Gasteiger partial charge in [0.05, 0.1) is 38.1 Å². The first-order chi connectivity index (χ1) is 15.1. The van der Waals surface area contributed by atoms with E-state index in [1.807, 2.05) is 18.7 Å². The second kappa shape index (κ2) is 11.6. The van der Waals surface area contributed by atoms with E-state index in [-0.39, 0.29) is 0 Å². The predicted octanol–water partition coefficient (Wildman–Crippen LogP) is 5.65. The molecule has 0 radical (unpaired) electrons. The van der Waals surface area contributed by atoms with Crippen LogP contribution in [0.15, 0.2) is 65.6 Å². The molecule has 0 saturated heterocycles. The second-order valence-electron chi connectivity index (χ2n) is 8.07. The van der Waals surface area contributed by atoms with Gasteiger partial charge in [0.15, 0.2) is 0 Å². The molecule has 0 amide bonds. The fraction of sp³-hybridized carbons (Fsp3) is 0.462. The fourth-order valence-corrected chi connectivity index (χ4v) is 5.40. The van der Waals surface area contributed by atoms with Crippen LogP contribution in [-0.2, 0) is 4.74 Å². The van der Waals surface area contributed by atoms with Crippen LogP contribution in [0, 0.1) is 0 Å². The lowest BCUT2D eigenvalue weighted by Gasteiger charge is -2.43. The number of methoxy groups -OCH3 is 1. The zero-order chi connectivity index (χ0) is 22.2. The number of thioether (sulfide) groups is 1. The molecule has 2 atom stereocenters. The van der Waals surface area contributed by atoms with Crippen molar-refractivity contribution in [3.63, 3.8) is 0 Å². The van der Waals surface area contributed by atoms with E-state index >= 15 is 0 Å². The van der Waals surface area contributed by atoms with Crippen molar-refractivity contribution in [1.82, 2.24) is 4.90 Å². The Kier molecular flexibility index (Phi) is 8.88. The fourth-order valence-electron chi connectivity index (χ4n) is 4.18. The molecule has 0 N–H and O–H groups in total. The number of rotatable bonds is 11. The number of likely N-dealkylation sites (N-methyl/N-ethyl adjacent to an activating group) is 1. The molecular weight excluding hydrogens is 404 g/mol. The van der Waals surface area contributed by atoms with Crippen LogP contribution in [0.3, 0.4) is 0 Å². The molecule has 1 aliphatic rings. The van der Waals surface area contributed by atoms with E-state index in [0.29, 0.717) is 25.3 Å². The first-order valence-corrected chi connectivity index (χ1v) is 12.1. The van der Waals surface area contributed by atoms with Crippen LogP contribution in [0.25, 0.3) is 0 Å². The van der Waals surface area contributed by atoms with Gasteiger partial charge in [-0.1, -0.05) is 50.3 Å². The summed E-state index contributed by atoms with van der Waals surface area (Å²) < 4.78 is 11.4. The highest BCUT2D eigenvalue weighted by Gasteiger charge is 2.31. The maximum absolute atomic E-state index is 6.05. The monoisotopic (exact) mass is 440 g/mol. The molecular formula is C26H36N2O2S. The van der Waals surface area contributed by atoms with Crippen LogP contribution in [-0.4, -0.2) is 56.7 Å². The van der Waals surface area contributed by atoms with Crippen LogP contribution in [0.5, 0.6) is 5.75 Å². The van der Waals surface area contributed by atoms with E-state index in [1.165, 1.54) is 16.1 Å². The molecule has 5 heteroatoms. The van der Waals surface area contributed by atoms with Crippen molar-refractivity contribution in [3.8, 4) is 5.75 Å². The Bertz CT molecular complexity index is 836. The molecule has 0 aliphatic carbocycles. The van der Waals surface area contributed by atoms with Crippen molar-refractivity contribution in [2.75, 3.05) is 50.6 Å². The number of anilines is 1. The summed E-state index contributed by atoms with van der Waals surface area (Å²) in [4.78, 5) is 6.45. The van der Waals surface area contributed by atoms with Gasteiger partial charge < -0.3 is 14.4 Å². The molecule has 2 unspecified atom stereocenters. The molecule has 2 aromatic rings. The summed E-state index contributed by atoms with van der Waals surface area (Å²) in [7, 11) is 1.72. The van der Waals surface area contributed by atoms with E-state index in [9.17, 15) is 0 Å². The maximum atomic E-state index is 6.05. The summed E-state index contributed by atoms with van der Waals surface area (Å²) in [5.74, 6) is 1.93. The summed E-state index contributed by atoms with van der Waals surface area (Å²) in [5, 5.41) is 0. The zero-order valence-electron chi connectivity index (χ0n) is 19.3. The number of nitrogens with zero attached hydrogens (tertiary/aromatic N) is 2. The van der Waals surface area contributed by atoms with Crippen molar-refractivity contribution in [2.45, 2.75) is 37.8 Å². The molecule has 31 heavy (non-hydrogen) atoms. The summed E-state index contributed by atoms with van der Waals surface area (Å²) in [6.07, 6.45) is 0. The van der Waals surface area contributed by atoms with Crippen LogP contribution < -0.4 is 9.64 Å². The van der Waals surface area contributed by atoms with Crippen LogP contribution in [0.4, 0.5) is 5.69 Å². The number of benzene rings is 2. The Morgan fingerprint density at radius 3 is 2.52 bits per heavy atom. The van der Waals surface area contributed by atoms with E-state index < -0.39 is 0 Å². The molecule has 1 aliphatic heterocycles. The van der Waals surface area contributed by atoms with Gasteiger partial charge in [-0.2, -0.15) is 0 Å². The third kappa shape index (κ3) is 6.06. The lowest BCUT2D eigenvalue weighted by molar-refractivity contribution is 0.0772. The van der Waals surface area contributed by atoms with Crippen molar-refractivity contribution in [2.24, 2.45) is 0 Å². The Hall–Kier alpha value is -1.95. The summed E-state index contributed by atoms with van der Waals surface area (Å²) >= 11 is 1.94. The van der Waals surface area contributed by atoms with Crippen LogP contribution in [0.2, 0.25) is 0 Å². The molecule has 0 spiro atoms. The average Bonchev–Trinajstić information content (AvgIpc) is 2.79. The van der Waals surface area contributed by atoms with Gasteiger partial charge in [-0.15, -0.1) is 11.8 Å². The molecule has 0 saturated carbocycles. The van der Waals surface area contributed by atoms with Gasteiger partial charge in [-0.3, -0.25) is 4.90 Å². The maximum Gasteiger partial charge on any atom is 0.118 e. The van der Waals surface area contributed by atoms with Gasteiger partial charge in [-0.05, 0) is 49.8 Å². The lowest BCUT2D eigenvalue weighted by Crippen LogP contribution is -2.49. The minimum Gasteiger partial charge on any atom is -0.497 e. The average molecular weight is 441 g/mol. The number of hydrogen-bond acceptors (Lipinski definition) is 5. The minimum atomic E-state index is 0.310. The Labute approximate surface area is 192 Å². The summed E-state index contributed by atoms with van der Waals surface area (Å²) in [5.41, 5.74) is 3.70. The Morgan fingerprint density at radius 2 is 1.87 bits per heavy atom. The third-order valence-electron chi connectivity index (χ3n) is 5.84. The second-order valence-corrected chi connectivity index (χ2v) is 9.13. The van der Waals surface area contributed by atoms with Crippen LogP contribution in [0.1, 0.15) is 32.4 Å². The summed E-state index contributed by atoms with van der Waals surface area (Å²) in [6, 6.07) is 17.9. The van der Waals surface area contributed by atoms with Crippen LogP contribution >= 0.6 is 11.8 Å². The van der Waals surface area contributed by atoms with E-state index in [0.717, 1.165) is 36.7 Å². The lowest BCUT2D eigenvalue weighted by atomic mass is 10.0. The van der Waals surface area contributed by atoms with E-state index in [4.69, 9.17) is 9.47 Å². The Morgan fingerprint density at radius 1 is 1.16 bits per heavy atom. The molecule has 168 valence electrons. The number of para-hydroxylation sites is 1. The van der Waals surface area contributed by atoms with Gasteiger partial charge in [0.2, 0.25) is 0 Å². The highest BCUT2D eigenvalue weighted by Crippen LogP contribution is 2.43. The third-order valence-corrected chi connectivity index (χ3v) is 6.98. The topological polar surface area (TPSA) is 24.9 Å². The highest BCUT2D eigenvalue weighted by atomic mass is 32.2. The number of ether oxygens (including phenoxy) is 2. The smallest absolute Gasteiger partial charge is 0.118 e. The zero-order valence-corrected chi connectivity index (χ0v) is 20.2. The minimum absolute atomic E-state index is 0.310. The van der Waals surface area contributed by atoms with E-state index in [2.05, 4.69) is 78.8 Å². The van der Waals surface area contributed by atoms with Crippen molar-refractivity contribution >= 4 is 17.4 Å². The molecule has 0 aromatic heterocycles. The quantitative estimate of drug-likeness (QED) is 0.420. The number of hydrogen-bond donors (Lipinski definition) is 0. The molecule has 1 heterocycles. The first-order valence-electron chi connectivity index (χ1n) is 11.2. The van der Waals surface area contributed by atoms with Gasteiger partial charge in [0.25, 0.3) is 0 Å². The van der Waals surface area contributed by atoms with Gasteiger partial charge in [0, 0.05) is 17.2 Å². The van der Waals surface area contributed by atoms with Gasteiger partial charge in [0.1, 0.15) is 5.75 Å². The molecule has 0 fully saturated rings. The standard InChI is InChI=1S/C26H36N2O2S/c1-6-27(7-2)22(18-30-17-20(3)4)16-28-24-10-8-9-11-26(24)31-19-25(28)21-12-14-23(29-5)15-13-21/h8-15,22,25H,3,6-7,16-19H2,1-2,4-5H3. The number of fused-ring (bicyclic) bond motifs is 1. The summed E-state index contributed by atoms with van der Waals surface area (Å²) in [6.45, 7) is 14.7. The largest absolute Gasteiger partial charge is 0.497 e. The predicted molar refractivity (Wildman–Crippen MR) is 133 cm³/mol. The molecule has 2 aromatic carbocycles. The van der Waals surface area contributed by atoms with Crippen molar-refractivity contribution in [1.29, 1.82) is 0 Å².